The third-order valence-electron chi connectivity index (χ3n) is 4.26. The van der Waals surface area contributed by atoms with Gasteiger partial charge in [-0.1, -0.05) is 17.7 Å². The molecular formula is C18H18ClFN4OS. The number of halogens is 2. The lowest BCUT2D eigenvalue weighted by atomic mass is 10.2. The van der Waals surface area contributed by atoms with Gasteiger partial charge in [-0.25, -0.2) is 4.39 Å². The van der Waals surface area contributed by atoms with Gasteiger partial charge in [-0.05, 0) is 29.1 Å². The van der Waals surface area contributed by atoms with Crippen molar-refractivity contribution < 1.29 is 9.18 Å². The largest absolute Gasteiger partial charge is 0.315 e. The molecule has 0 atom stereocenters. The number of piperazine rings is 1. The maximum atomic E-state index is 13.2. The Bertz CT molecular complexity index is 827. The van der Waals surface area contributed by atoms with Crippen LogP contribution in [0, 0.1) is 17.1 Å². The fraction of sp³-hybridized carbons (Fsp3) is 0.333. The Balaban J connectivity index is 1.45. The van der Waals surface area contributed by atoms with Gasteiger partial charge in [0.2, 0.25) is 5.91 Å². The van der Waals surface area contributed by atoms with Gasteiger partial charge in [0.1, 0.15) is 16.9 Å². The number of benzene rings is 1. The number of nitriles is 1. The molecule has 2 aromatic rings. The van der Waals surface area contributed by atoms with Crippen LogP contribution in [0.3, 0.4) is 0 Å². The third-order valence-corrected chi connectivity index (χ3v) is 5.38. The maximum absolute atomic E-state index is 13.2. The molecule has 1 aliphatic heterocycles. The molecule has 5 nitrogen and oxygen atoms in total. The highest BCUT2D eigenvalue weighted by Crippen LogP contribution is 2.22. The lowest BCUT2D eigenvalue weighted by Crippen LogP contribution is -2.48. The Kier molecular flexibility index (Phi) is 6.22. The number of nitrogens with zero attached hydrogens (tertiary/aromatic N) is 3. The molecule has 0 bridgehead atoms. The van der Waals surface area contributed by atoms with Crippen LogP contribution in [0.25, 0.3) is 0 Å². The SMILES string of the molecule is N#Cc1ccsc1NC(=O)CN1CCN(Cc2ccc(F)c(Cl)c2)CC1. The van der Waals surface area contributed by atoms with E-state index in [1.54, 1.807) is 23.6 Å². The summed E-state index contributed by atoms with van der Waals surface area (Å²) in [5.41, 5.74) is 1.47. The number of anilines is 1. The summed E-state index contributed by atoms with van der Waals surface area (Å²) in [6.45, 7) is 4.21. The quantitative estimate of drug-likeness (QED) is 0.849. The number of thiophene rings is 1. The number of carbonyl (C=O) groups excluding carboxylic acids is 1. The zero-order chi connectivity index (χ0) is 18.5. The normalized spacial score (nSPS) is 15.6. The minimum Gasteiger partial charge on any atom is -0.315 e. The Morgan fingerprint density at radius 1 is 1.27 bits per heavy atom. The summed E-state index contributed by atoms with van der Waals surface area (Å²) >= 11 is 7.18. The van der Waals surface area contributed by atoms with Crippen molar-refractivity contribution in [3.05, 3.63) is 51.6 Å². The van der Waals surface area contributed by atoms with Crippen LogP contribution in [0.4, 0.5) is 9.39 Å². The Morgan fingerprint density at radius 2 is 2.00 bits per heavy atom. The van der Waals surface area contributed by atoms with Gasteiger partial charge in [0.05, 0.1) is 17.1 Å². The van der Waals surface area contributed by atoms with Crippen molar-refractivity contribution in [3.63, 3.8) is 0 Å². The molecule has 1 saturated heterocycles. The second-order valence-corrected chi connectivity index (χ2v) is 7.45. The van der Waals surface area contributed by atoms with Gasteiger partial charge in [-0.15, -0.1) is 11.3 Å². The predicted octanol–water partition coefficient (Wildman–Crippen LogP) is 3.17. The van der Waals surface area contributed by atoms with Crippen molar-refractivity contribution in [1.82, 2.24) is 9.80 Å². The van der Waals surface area contributed by atoms with Crippen molar-refractivity contribution in [2.24, 2.45) is 0 Å². The minimum atomic E-state index is -0.406. The van der Waals surface area contributed by atoms with Crippen LogP contribution >= 0.6 is 22.9 Å². The molecule has 1 N–H and O–H groups in total. The van der Waals surface area contributed by atoms with E-state index in [2.05, 4.69) is 21.2 Å². The van der Waals surface area contributed by atoms with E-state index >= 15 is 0 Å². The van der Waals surface area contributed by atoms with E-state index in [9.17, 15) is 9.18 Å². The summed E-state index contributed by atoms with van der Waals surface area (Å²) in [4.78, 5) is 16.5. The molecule has 1 amide bonds. The molecule has 136 valence electrons. The summed E-state index contributed by atoms with van der Waals surface area (Å²) < 4.78 is 13.2. The summed E-state index contributed by atoms with van der Waals surface area (Å²) in [6.07, 6.45) is 0. The summed E-state index contributed by atoms with van der Waals surface area (Å²) in [6, 6.07) is 8.55. The van der Waals surface area contributed by atoms with Gasteiger partial charge in [0.25, 0.3) is 0 Å². The average molecular weight is 393 g/mol. The Morgan fingerprint density at radius 3 is 2.69 bits per heavy atom. The molecule has 2 heterocycles. The maximum Gasteiger partial charge on any atom is 0.239 e. The lowest BCUT2D eigenvalue weighted by Gasteiger charge is -2.34. The average Bonchev–Trinajstić information content (AvgIpc) is 3.07. The molecule has 1 aromatic heterocycles. The highest BCUT2D eigenvalue weighted by atomic mass is 35.5. The molecule has 0 saturated carbocycles. The van der Waals surface area contributed by atoms with Crippen LogP contribution in [0.1, 0.15) is 11.1 Å². The number of amides is 1. The van der Waals surface area contributed by atoms with E-state index in [-0.39, 0.29) is 10.9 Å². The fourth-order valence-corrected chi connectivity index (χ4v) is 3.82. The fourth-order valence-electron chi connectivity index (χ4n) is 2.87. The van der Waals surface area contributed by atoms with Crippen LogP contribution in [0.5, 0.6) is 0 Å². The molecule has 0 unspecified atom stereocenters. The third kappa shape index (κ3) is 4.80. The van der Waals surface area contributed by atoms with Gasteiger partial charge in [0, 0.05) is 32.7 Å². The van der Waals surface area contributed by atoms with Gasteiger partial charge in [-0.3, -0.25) is 14.6 Å². The van der Waals surface area contributed by atoms with Gasteiger partial charge in [0.15, 0.2) is 0 Å². The smallest absolute Gasteiger partial charge is 0.239 e. The van der Waals surface area contributed by atoms with E-state index in [0.717, 1.165) is 31.7 Å². The molecular weight excluding hydrogens is 375 g/mol. The topological polar surface area (TPSA) is 59.4 Å². The van der Waals surface area contributed by atoms with Crippen molar-refractivity contribution in [2.75, 3.05) is 38.0 Å². The number of carbonyl (C=O) groups is 1. The van der Waals surface area contributed by atoms with E-state index in [4.69, 9.17) is 16.9 Å². The molecule has 8 heteroatoms. The number of nitrogens with one attached hydrogen (secondary N) is 1. The van der Waals surface area contributed by atoms with Gasteiger partial charge < -0.3 is 5.32 Å². The zero-order valence-corrected chi connectivity index (χ0v) is 15.6. The molecule has 0 aliphatic carbocycles. The minimum absolute atomic E-state index is 0.109. The summed E-state index contributed by atoms with van der Waals surface area (Å²) in [5.74, 6) is -0.515. The van der Waals surface area contributed by atoms with Crippen LogP contribution < -0.4 is 5.32 Å². The molecule has 0 radical (unpaired) electrons. The first kappa shape index (κ1) is 18.8. The number of rotatable bonds is 5. The second kappa shape index (κ2) is 8.60. The molecule has 26 heavy (non-hydrogen) atoms. The number of hydrogen-bond donors (Lipinski definition) is 1. The first-order valence-electron chi connectivity index (χ1n) is 8.21. The standard InChI is InChI=1S/C18H18ClFN4OS/c19-15-9-13(1-2-16(15)20)11-23-4-6-24(7-5-23)12-17(25)22-18-14(10-21)3-8-26-18/h1-3,8-9H,4-7,11-12H2,(H,22,25). The first-order valence-corrected chi connectivity index (χ1v) is 9.47. The van der Waals surface area contributed by atoms with Crippen molar-refractivity contribution in [2.45, 2.75) is 6.54 Å². The van der Waals surface area contributed by atoms with Gasteiger partial charge >= 0.3 is 0 Å². The Hall–Kier alpha value is -1.98. The Labute approximate surface area is 160 Å². The van der Waals surface area contributed by atoms with Crippen LogP contribution in [0.15, 0.2) is 29.6 Å². The highest BCUT2D eigenvalue weighted by Gasteiger charge is 2.20. The van der Waals surface area contributed by atoms with E-state index in [0.29, 0.717) is 23.7 Å². The highest BCUT2D eigenvalue weighted by molar-refractivity contribution is 7.14. The van der Waals surface area contributed by atoms with Gasteiger partial charge in [-0.2, -0.15) is 5.26 Å². The second-order valence-electron chi connectivity index (χ2n) is 6.12. The monoisotopic (exact) mass is 392 g/mol. The molecule has 0 spiro atoms. The molecule has 3 rings (SSSR count). The molecule has 1 aliphatic rings. The van der Waals surface area contributed by atoms with E-state index in [1.165, 1.54) is 17.4 Å². The van der Waals surface area contributed by atoms with Crippen LogP contribution in [-0.4, -0.2) is 48.4 Å². The van der Waals surface area contributed by atoms with Crippen molar-refractivity contribution >= 4 is 33.8 Å². The zero-order valence-electron chi connectivity index (χ0n) is 14.0. The van der Waals surface area contributed by atoms with Crippen molar-refractivity contribution in [3.8, 4) is 6.07 Å². The molecule has 1 fully saturated rings. The lowest BCUT2D eigenvalue weighted by molar-refractivity contribution is -0.117. The molecule has 1 aromatic carbocycles. The van der Waals surface area contributed by atoms with Crippen LogP contribution in [0.2, 0.25) is 5.02 Å². The predicted molar refractivity (Wildman–Crippen MR) is 101 cm³/mol. The van der Waals surface area contributed by atoms with E-state index in [1.807, 2.05) is 0 Å². The van der Waals surface area contributed by atoms with Crippen LogP contribution in [-0.2, 0) is 11.3 Å². The van der Waals surface area contributed by atoms with E-state index < -0.39 is 5.82 Å². The summed E-state index contributed by atoms with van der Waals surface area (Å²) in [5, 5.41) is 14.3. The first-order chi connectivity index (χ1) is 12.5. The number of hydrogen-bond acceptors (Lipinski definition) is 5. The summed E-state index contributed by atoms with van der Waals surface area (Å²) in [7, 11) is 0. The van der Waals surface area contributed by atoms with Crippen molar-refractivity contribution in [1.29, 1.82) is 5.26 Å².